The van der Waals surface area contributed by atoms with E-state index in [1.54, 1.807) is 48.5 Å². The van der Waals surface area contributed by atoms with E-state index in [2.05, 4.69) is 36.1 Å². The molecular formula is C28H34N4O3S. The van der Waals surface area contributed by atoms with Gasteiger partial charge in [0.25, 0.3) is 10.0 Å². The van der Waals surface area contributed by atoms with E-state index in [1.807, 2.05) is 12.1 Å². The molecule has 3 atom stereocenters. The number of amides is 1. The van der Waals surface area contributed by atoms with Gasteiger partial charge in [-0.15, -0.1) is 0 Å². The molecule has 3 aromatic rings. The molecule has 0 bridgehead atoms. The third-order valence-electron chi connectivity index (χ3n) is 7.01. The summed E-state index contributed by atoms with van der Waals surface area (Å²) in [6, 6.07) is 17.0. The monoisotopic (exact) mass is 506 g/mol. The van der Waals surface area contributed by atoms with Crippen LogP contribution in [-0.4, -0.2) is 24.3 Å². The van der Waals surface area contributed by atoms with Gasteiger partial charge in [0, 0.05) is 24.9 Å². The molecule has 1 amide bonds. The summed E-state index contributed by atoms with van der Waals surface area (Å²) >= 11 is 0. The fourth-order valence-corrected chi connectivity index (χ4v) is 6.45. The van der Waals surface area contributed by atoms with Crippen molar-refractivity contribution >= 4 is 27.6 Å². The van der Waals surface area contributed by atoms with Crippen LogP contribution in [0.15, 0.2) is 78.0 Å². The first-order valence-electron chi connectivity index (χ1n) is 12.5. The molecule has 1 heterocycles. The number of anilines is 2. The highest BCUT2D eigenvalue weighted by Crippen LogP contribution is 2.38. The Hall–Kier alpha value is -3.26. The van der Waals surface area contributed by atoms with E-state index in [0.29, 0.717) is 30.0 Å². The molecule has 190 valence electrons. The highest BCUT2D eigenvalue weighted by Gasteiger charge is 2.35. The minimum atomic E-state index is -3.94. The number of nitrogens with zero attached hydrogens (tertiary/aromatic N) is 3. The lowest BCUT2D eigenvalue weighted by atomic mass is 9.70. The second-order valence-electron chi connectivity index (χ2n) is 9.95. The largest absolute Gasteiger partial charge is 0.352 e. The summed E-state index contributed by atoms with van der Waals surface area (Å²) in [5.74, 6) is 1.66. The number of carbonyl (C=O) groups excluding carboxylic acids is 1. The van der Waals surface area contributed by atoms with Crippen LogP contribution in [0.25, 0.3) is 0 Å². The van der Waals surface area contributed by atoms with Crippen molar-refractivity contribution in [2.75, 3.05) is 4.31 Å². The number of sulfonamides is 1. The summed E-state index contributed by atoms with van der Waals surface area (Å²) < 4.78 is 28.2. The van der Waals surface area contributed by atoms with Gasteiger partial charge in [0.2, 0.25) is 11.9 Å². The number of hydrogen-bond acceptors (Lipinski definition) is 5. The van der Waals surface area contributed by atoms with E-state index >= 15 is 0 Å². The average Bonchev–Trinajstić information content (AvgIpc) is 2.89. The molecule has 7 nitrogen and oxygen atoms in total. The van der Waals surface area contributed by atoms with Crippen LogP contribution >= 0.6 is 0 Å². The third kappa shape index (κ3) is 5.75. The van der Waals surface area contributed by atoms with Gasteiger partial charge in [-0.2, -0.15) is 0 Å². The van der Waals surface area contributed by atoms with E-state index in [9.17, 15) is 13.2 Å². The van der Waals surface area contributed by atoms with Gasteiger partial charge in [0.15, 0.2) is 0 Å². The van der Waals surface area contributed by atoms with Crippen LogP contribution in [0.4, 0.5) is 11.6 Å². The molecular weight excluding hydrogens is 472 g/mol. The van der Waals surface area contributed by atoms with Gasteiger partial charge in [-0.05, 0) is 66.5 Å². The molecule has 1 aliphatic rings. The number of nitrogens with one attached hydrogen (secondary N) is 1. The van der Waals surface area contributed by atoms with Gasteiger partial charge in [0.05, 0.1) is 10.6 Å². The number of benzene rings is 2. The second-order valence-corrected chi connectivity index (χ2v) is 11.7. The average molecular weight is 507 g/mol. The van der Waals surface area contributed by atoms with Gasteiger partial charge in [0.1, 0.15) is 0 Å². The van der Waals surface area contributed by atoms with Crippen LogP contribution < -0.4 is 9.62 Å². The molecule has 0 aliphatic heterocycles. The summed E-state index contributed by atoms with van der Waals surface area (Å²) in [5.41, 5.74) is 1.31. The predicted molar refractivity (Wildman–Crippen MR) is 141 cm³/mol. The number of aromatic nitrogens is 2. The van der Waals surface area contributed by atoms with E-state index in [-0.39, 0.29) is 22.7 Å². The second kappa shape index (κ2) is 11.2. The highest BCUT2D eigenvalue weighted by atomic mass is 32.2. The van der Waals surface area contributed by atoms with E-state index in [0.717, 1.165) is 22.7 Å². The van der Waals surface area contributed by atoms with Crippen molar-refractivity contribution in [3.05, 3.63) is 78.6 Å². The van der Waals surface area contributed by atoms with Crippen molar-refractivity contribution in [2.45, 2.75) is 51.5 Å². The highest BCUT2D eigenvalue weighted by molar-refractivity contribution is 7.93. The van der Waals surface area contributed by atoms with Gasteiger partial charge in [-0.25, -0.2) is 22.7 Å². The fourth-order valence-electron chi connectivity index (χ4n) is 5.03. The molecule has 0 unspecified atom stereocenters. The Kier molecular flexibility index (Phi) is 8.04. The summed E-state index contributed by atoms with van der Waals surface area (Å²) in [4.78, 5) is 21.6. The Morgan fingerprint density at radius 3 is 2.31 bits per heavy atom. The molecule has 1 aromatic heterocycles. The standard InChI is InChI=1S/C28H34N4O3S/c1-20(2)25-15-10-21(3)18-26(25)27(33)31-19-22-11-13-23(14-12-22)32(28-29-16-7-17-30-28)36(34,35)24-8-5-4-6-9-24/h4-9,11-14,16-17,20-21,25-26H,10,15,18-19H2,1-3H3,(H,31,33)/t21-,25+,26-/m1/s1. The normalized spacial score (nSPS) is 20.2. The summed E-state index contributed by atoms with van der Waals surface area (Å²) in [7, 11) is -3.94. The van der Waals surface area contributed by atoms with Crippen molar-refractivity contribution in [3.63, 3.8) is 0 Å². The lowest BCUT2D eigenvalue weighted by molar-refractivity contribution is -0.129. The molecule has 36 heavy (non-hydrogen) atoms. The van der Waals surface area contributed by atoms with Crippen molar-refractivity contribution in [2.24, 2.45) is 23.7 Å². The number of carbonyl (C=O) groups is 1. The van der Waals surface area contributed by atoms with Crippen molar-refractivity contribution in [1.29, 1.82) is 0 Å². The Morgan fingerprint density at radius 2 is 1.67 bits per heavy atom. The number of rotatable bonds is 8. The lowest BCUT2D eigenvalue weighted by Gasteiger charge is -2.36. The Labute approximate surface area is 214 Å². The third-order valence-corrected chi connectivity index (χ3v) is 8.73. The molecule has 1 fully saturated rings. The maximum absolute atomic E-state index is 13.5. The first-order valence-corrected chi connectivity index (χ1v) is 14.0. The maximum atomic E-state index is 13.5. The Bertz CT molecular complexity index is 1250. The van der Waals surface area contributed by atoms with Crippen LogP contribution in [0.2, 0.25) is 0 Å². The van der Waals surface area contributed by atoms with Gasteiger partial charge in [-0.1, -0.05) is 57.5 Å². The molecule has 4 rings (SSSR count). The van der Waals surface area contributed by atoms with Gasteiger partial charge < -0.3 is 5.32 Å². The minimum Gasteiger partial charge on any atom is -0.352 e. The van der Waals surface area contributed by atoms with E-state index in [4.69, 9.17) is 0 Å². The SMILES string of the molecule is CC(C)[C@@H]1CC[C@@H](C)C[C@H]1C(=O)NCc1ccc(N(c2ncccn2)S(=O)(=O)c2ccccc2)cc1. The smallest absolute Gasteiger partial charge is 0.271 e. The molecule has 1 aliphatic carbocycles. The molecule has 8 heteroatoms. The van der Waals surface area contributed by atoms with Crippen LogP contribution in [0, 0.1) is 23.7 Å². The zero-order valence-corrected chi connectivity index (χ0v) is 21.9. The van der Waals surface area contributed by atoms with Crippen LogP contribution in [0.3, 0.4) is 0 Å². The van der Waals surface area contributed by atoms with Crippen LogP contribution in [-0.2, 0) is 21.4 Å². The maximum Gasteiger partial charge on any atom is 0.271 e. The van der Waals surface area contributed by atoms with Gasteiger partial charge >= 0.3 is 0 Å². The Balaban J connectivity index is 1.53. The first-order chi connectivity index (χ1) is 17.3. The number of hydrogen-bond donors (Lipinski definition) is 1. The summed E-state index contributed by atoms with van der Waals surface area (Å²) in [5, 5.41) is 3.12. The minimum absolute atomic E-state index is 0.0368. The molecule has 0 radical (unpaired) electrons. The molecule has 0 spiro atoms. The van der Waals surface area contributed by atoms with E-state index in [1.165, 1.54) is 18.8 Å². The zero-order valence-electron chi connectivity index (χ0n) is 21.0. The van der Waals surface area contributed by atoms with Crippen molar-refractivity contribution in [3.8, 4) is 0 Å². The lowest BCUT2D eigenvalue weighted by Crippen LogP contribution is -2.40. The molecule has 2 aromatic carbocycles. The molecule has 1 N–H and O–H groups in total. The van der Waals surface area contributed by atoms with Gasteiger partial charge in [-0.3, -0.25) is 4.79 Å². The van der Waals surface area contributed by atoms with E-state index < -0.39 is 10.0 Å². The first kappa shape index (κ1) is 25.8. The Morgan fingerprint density at radius 1 is 1.00 bits per heavy atom. The van der Waals surface area contributed by atoms with Crippen LogP contribution in [0.5, 0.6) is 0 Å². The predicted octanol–water partition coefficient (Wildman–Crippen LogP) is 5.33. The van der Waals surface area contributed by atoms with Crippen molar-refractivity contribution < 1.29 is 13.2 Å². The summed E-state index contributed by atoms with van der Waals surface area (Å²) in [6.07, 6.45) is 6.23. The fraction of sp³-hybridized carbons (Fsp3) is 0.393. The van der Waals surface area contributed by atoms with Crippen molar-refractivity contribution in [1.82, 2.24) is 15.3 Å². The zero-order chi connectivity index (χ0) is 25.7. The van der Waals surface area contributed by atoms with Crippen LogP contribution in [0.1, 0.15) is 45.6 Å². The molecule has 1 saturated carbocycles. The summed E-state index contributed by atoms with van der Waals surface area (Å²) in [6.45, 7) is 7.01. The topological polar surface area (TPSA) is 92.3 Å². The quantitative estimate of drug-likeness (QED) is 0.446. The molecule has 0 saturated heterocycles.